The van der Waals surface area contributed by atoms with E-state index in [-0.39, 0.29) is 5.41 Å². The summed E-state index contributed by atoms with van der Waals surface area (Å²) >= 11 is 1.86. The van der Waals surface area contributed by atoms with Gasteiger partial charge in [-0.05, 0) is 31.9 Å². The van der Waals surface area contributed by atoms with Crippen LogP contribution in [0.4, 0.5) is 0 Å². The second-order valence-electron chi connectivity index (χ2n) is 6.25. The van der Waals surface area contributed by atoms with Gasteiger partial charge in [0.05, 0.1) is 5.69 Å². The topological polar surface area (TPSA) is 24.9 Å². The number of hydrogen-bond donors (Lipinski definition) is 1. The number of hydrogen-bond acceptors (Lipinski definition) is 3. The van der Waals surface area contributed by atoms with Crippen LogP contribution in [0.5, 0.6) is 0 Å². The van der Waals surface area contributed by atoms with Gasteiger partial charge in [-0.1, -0.05) is 51.1 Å². The van der Waals surface area contributed by atoms with Crippen LogP contribution in [0.1, 0.15) is 61.7 Å². The third-order valence-corrected chi connectivity index (χ3v) is 5.23. The zero-order chi connectivity index (χ0) is 15.5. The van der Waals surface area contributed by atoms with Gasteiger partial charge in [-0.3, -0.25) is 0 Å². The quantitative estimate of drug-likeness (QED) is 0.836. The first-order valence-corrected chi connectivity index (χ1v) is 8.54. The Kier molecular flexibility index (Phi) is 5.17. The maximum absolute atomic E-state index is 4.99. The standard InChI is InChI=1S/C18H26N2S/c1-6-19-12-15-16(13(2)3)20-17(21-15)18(4,5)14-10-8-7-9-11-14/h7-11,13,19H,6,12H2,1-5H3. The van der Waals surface area contributed by atoms with E-state index in [1.54, 1.807) is 0 Å². The summed E-state index contributed by atoms with van der Waals surface area (Å²) in [6, 6.07) is 10.7. The smallest absolute Gasteiger partial charge is 0.103 e. The molecule has 0 atom stereocenters. The molecular formula is C18H26N2S. The van der Waals surface area contributed by atoms with Gasteiger partial charge in [0, 0.05) is 16.8 Å². The molecule has 1 heterocycles. The van der Waals surface area contributed by atoms with Crippen molar-refractivity contribution in [2.24, 2.45) is 0 Å². The number of nitrogens with one attached hydrogen (secondary N) is 1. The molecule has 0 radical (unpaired) electrons. The molecule has 0 aliphatic carbocycles. The van der Waals surface area contributed by atoms with Gasteiger partial charge < -0.3 is 5.32 Å². The van der Waals surface area contributed by atoms with Crippen LogP contribution in [0.25, 0.3) is 0 Å². The fourth-order valence-corrected chi connectivity index (χ4v) is 3.74. The number of benzene rings is 1. The fourth-order valence-electron chi connectivity index (χ4n) is 2.43. The lowest BCUT2D eigenvalue weighted by Crippen LogP contribution is -2.18. The van der Waals surface area contributed by atoms with Gasteiger partial charge in [0.25, 0.3) is 0 Å². The van der Waals surface area contributed by atoms with Gasteiger partial charge >= 0.3 is 0 Å². The van der Waals surface area contributed by atoms with Gasteiger partial charge in [-0.2, -0.15) is 0 Å². The molecule has 2 rings (SSSR count). The van der Waals surface area contributed by atoms with E-state index in [2.05, 4.69) is 70.3 Å². The van der Waals surface area contributed by atoms with Crippen LogP contribution in [-0.4, -0.2) is 11.5 Å². The van der Waals surface area contributed by atoms with E-state index >= 15 is 0 Å². The summed E-state index contributed by atoms with van der Waals surface area (Å²) in [6.45, 7) is 13.0. The van der Waals surface area contributed by atoms with E-state index in [4.69, 9.17) is 4.98 Å². The van der Waals surface area contributed by atoms with Crippen molar-refractivity contribution < 1.29 is 0 Å². The highest BCUT2D eigenvalue weighted by Gasteiger charge is 2.28. The van der Waals surface area contributed by atoms with Crippen molar-refractivity contribution in [3.63, 3.8) is 0 Å². The molecule has 0 saturated carbocycles. The summed E-state index contributed by atoms with van der Waals surface area (Å²) in [5.74, 6) is 0.468. The van der Waals surface area contributed by atoms with Gasteiger partial charge in [0.2, 0.25) is 0 Å². The first-order valence-electron chi connectivity index (χ1n) is 7.73. The third-order valence-electron chi connectivity index (χ3n) is 3.84. The van der Waals surface area contributed by atoms with E-state index in [0.29, 0.717) is 5.92 Å². The van der Waals surface area contributed by atoms with E-state index in [0.717, 1.165) is 13.1 Å². The largest absolute Gasteiger partial charge is 0.312 e. The Labute approximate surface area is 132 Å². The molecular weight excluding hydrogens is 276 g/mol. The average Bonchev–Trinajstić information content (AvgIpc) is 2.91. The van der Waals surface area contributed by atoms with Crippen molar-refractivity contribution in [1.82, 2.24) is 10.3 Å². The second kappa shape index (κ2) is 6.71. The van der Waals surface area contributed by atoms with Crippen LogP contribution in [0.3, 0.4) is 0 Å². The van der Waals surface area contributed by atoms with E-state index in [9.17, 15) is 0 Å². The van der Waals surface area contributed by atoms with Crippen LogP contribution < -0.4 is 5.32 Å². The normalized spacial score (nSPS) is 12.1. The molecule has 0 amide bonds. The minimum Gasteiger partial charge on any atom is -0.312 e. The Balaban J connectivity index is 2.39. The number of nitrogens with zero attached hydrogens (tertiary/aromatic N) is 1. The molecule has 0 aliphatic rings. The molecule has 0 fully saturated rings. The van der Waals surface area contributed by atoms with Crippen molar-refractivity contribution in [3.05, 3.63) is 51.5 Å². The predicted octanol–water partition coefficient (Wildman–Crippen LogP) is 4.70. The molecule has 2 aromatic rings. The first-order chi connectivity index (χ1) is 9.96. The number of aromatic nitrogens is 1. The highest BCUT2D eigenvalue weighted by molar-refractivity contribution is 7.12. The highest BCUT2D eigenvalue weighted by atomic mass is 32.1. The summed E-state index contributed by atoms with van der Waals surface area (Å²) < 4.78 is 0. The summed E-state index contributed by atoms with van der Waals surface area (Å²) in [7, 11) is 0. The molecule has 0 aliphatic heterocycles. The minimum absolute atomic E-state index is 0.0416. The fraction of sp³-hybridized carbons (Fsp3) is 0.500. The van der Waals surface area contributed by atoms with Crippen molar-refractivity contribution in [3.8, 4) is 0 Å². The summed E-state index contributed by atoms with van der Waals surface area (Å²) in [5, 5.41) is 4.65. The van der Waals surface area contributed by atoms with Crippen molar-refractivity contribution >= 4 is 11.3 Å². The van der Waals surface area contributed by atoms with Crippen LogP contribution >= 0.6 is 11.3 Å². The summed E-state index contributed by atoms with van der Waals surface area (Å²) in [4.78, 5) is 6.37. The maximum atomic E-state index is 4.99. The summed E-state index contributed by atoms with van der Waals surface area (Å²) in [6.07, 6.45) is 0. The van der Waals surface area contributed by atoms with Crippen LogP contribution in [0, 0.1) is 0 Å². The van der Waals surface area contributed by atoms with Gasteiger partial charge in [-0.15, -0.1) is 11.3 Å². The Morgan fingerprint density at radius 3 is 2.43 bits per heavy atom. The Hall–Kier alpha value is -1.19. The van der Waals surface area contributed by atoms with E-state index in [1.165, 1.54) is 21.1 Å². The number of rotatable bonds is 6. The molecule has 1 N–H and O–H groups in total. The average molecular weight is 302 g/mol. The molecule has 1 aromatic carbocycles. The lowest BCUT2D eigenvalue weighted by molar-refractivity contribution is 0.627. The zero-order valence-electron chi connectivity index (χ0n) is 13.7. The summed E-state index contributed by atoms with van der Waals surface area (Å²) in [5.41, 5.74) is 2.53. The molecule has 2 nitrogen and oxygen atoms in total. The Bertz CT molecular complexity index is 570. The Morgan fingerprint density at radius 1 is 1.19 bits per heavy atom. The second-order valence-corrected chi connectivity index (χ2v) is 7.34. The molecule has 0 spiro atoms. The minimum atomic E-state index is -0.0416. The SMILES string of the molecule is CCNCc1sc(C(C)(C)c2ccccc2)nc1C(C)C. The molecule has 3 heteroatoms. The molecule has 0 bridgehead atoms. The molecule has 0 unspecified atom stereocenters. The zero-order valence-corrected chi connectivity index (χ0v) is 14.6. The lowest BCUT2D eigenvalue weighted by Gasteiger charge is -2.22. The molecule has 0 saturated heterocycles. The van der Waals surface area contributed by atoms with Crippen LogP contribution in [-0.2, 0) is 12.0 Å². The van der Waals surface area contributed by atoms with Crippen LogP contribution in [0.2, 0.25) is 0 Å². The number of thiazole rings is 1. The van der Waals surface area contributed by atoms with Crippen molar-refractivity contribution in [1.29, 1.82) is 0 Å². The lowest BCUT2D eigenvalue weighted by atomic mass is 9.85. The molecule has 1 aromatic heterocycles. The highest BCUT2D eigenvalue weighted by Crippen LogP contribution is 2.37. The predicted molar refractivity (Wildman–Crippen MR) is 92.2 cm³/mol. The first kappa shape index (κ1) is 16.2. The maximum Gasteiger partial charge on any atom is 0.103 e. The van der Waals surface area contributed by atoms with Crippen molar-refractivity contribution in [2.45, 2.75) is 52.5 Å². The van der Waals surface area contributed by atoms with Crippen LogP contribution in [0.15, 0.2) is 30.3 Å². The molecule has 114 valence electrons. The van der Waals surface area contributed by atoms with Crippen molar-refractivity contribution in [2.75, 3.05) is 6.54 Å². The van der Waals surface area contributed by atoms with E-state index in [1.807, 2.05) is 11.3 Å². The van der Waals surface area contributed by atoms with Gasteiger partial charge in [0.15, 0.2) is 0 Å². The Morgan fingerprint density at radius 2 is 1.86 bits per heavy atom. The van der Waals surface area contributed by atoms with Gasteiger partial charge in [-0.25, -0.2) is 4.98 Å². The van der Waals surface area contributed by atoms with E-state index < -0.39 is 0 Å². The molecule has 21 heavy (non-hydrogen) atoms. The third kappa shape index (κ3) is 3.53. The van der Waals surface area contributed by atoms with Gasteiger partial charge in [0.1, 0.15) is 5.01 Å². The monoisotopic (exact) mass is 302 g/mol.